The molecule has 0 N–H and O–H groups in total. The van der Waals surface area contributed by atoms with Crippen LogP contribution >= 0.6 is 0 Å². The summed E-state index contributed by atoms with van der Waals surface area (Å²) in [5.41, 5.74) is 1.36. The summed E-state index contributed by atoms with van der Waals surface area (Å²) in [7, 11) is 0. The maximum Gasteiger partial charge on any atom is 0.262 e. The molecule has 2 amide bonds. The van der Waals surface area contributed by atoms with E-state index in [0.29, 0.717) is 0 Å². The third kappa shape index (κ3) is 2.01. The number of amides is 2. The molecule has 1 heterocycles. The number of carboxylic acids is 1. The van der Waals surface area contributed by atoms with E-state index in [0.717, 1.165) is 10.5 Å². The maximum absolute atomic E-state index is 12.2. The largest absolute Gasteiger partial charge is 0.548 e. The monoisotopic (exact) mass is 260 g/mol. The first kappa shape index (κ1) is 13.3. The van der Waals surface area contributed by atoms with Crippen LogP contribution in [0, 0.1) is 12.8 Å². The van der Waals surface area contributed by atoms with Gasteiger partial charge in [-0.25, -0.2) is 0 Å². The molecule has 1 aliphatic rings. The van der Waals surface area contributed by atoms with Crippen molar-refractivity contribution in [3.63, 3.8) is 0 Å². The van der Waals surface area contributed by atoms with Gasteiger partial charge in [0.15, 0.2) is 0 Å². The maximum atomic E-state index is 12.2. The van der Waals surface area contributed by atoms with Crippen molar-refractivity contribution < 1.29 is 19.5 Å². The third-order valence-corrected chi connectivity index (χ3v) is 3.22. The summed E-state index contributed by atoms with van der Waals surface area (Å²) in [6.45, 7) is 5.07. The number of hydrogen-bond acceptors (Lipinski definition) is 4. The third-order valence-electron chi connectivity index (χ3n) is 3.22. The first-order chi connectivity index (χ1) is 8.84. The van der Waals surface area contributed by atoms with E-state index in [2.05, 4.69) is 0 Å². The van der Waals surface area contributed by atoms with Gasteiger partial charge in [-0.05, 0) is 25.0 Å². The van der Waals surface area contributed by atoms with E-state index in [1.54, 1.807) is 39.0 Å². The smallest absolute Gasteiger partial charge is 0.262 e. The van der Waals surface area contributed by atoms with E-state index in [1.165, 1.54) is 0 Å². The van der Waals surface area contributed by atoms with Crippen LogP contribution in [0.25, 0.3) is 0 Å². The Bertz CT molecular complexity index is 577. The molecule has 19 heavy (non-hydrogen) atoms. The molecule has 5 heteroatoms. The molecule has 1 atom stereocenters. The molecule has 1 aromatic rings. The first-order valence-electron chi connectivity index (χ1n) is 6.04. The van der Waals surface area contributed by atoms with E-state index in [1.807, 2.05) is 0 Å². The topological polar surface area (TPSA) is 77.5 Å². The van der Waals surface area contributed by atoms with Crippen LogP contribution in [0.1, 0.15) is 40.1 Å². The zero-order valence-corrected chi connectivity index (χ0v) is 11.0. The molecular formula is C14H14NO4-. The Morgan fingerprint density at radius 3 is 2.26 bits per heavy atom. The van der Waals surface area contributed by atoms with Gasteiger partial charge in [-0.1, -0.05) is 25.5 Å². The van der Waals surface area contributed by atoms with Gasteiger partial charge >= 0.3 is 0 Å². The molecule has 0 saturated carbocycles. The molecule has 0 fully saturated rings. The number of carbonyl (C=O) groups is 3. The van der Waals surface area contributed by atoms with Crippen LogP contribution in [-0.4, -0.2) is 28.7 Å². The average Bonchev–Trinajstić information content (AvgIpc) is 2.53. The number of hydrogen-bond donors (Lipinski definition) is 0. The molecule has 0 radical (unpaired) electrons. The Labute approximate surface area is 110 Å². The van der Waals surface area contributed by atoms with Gasteiger partial charge in [0.05, 0.1) is 23.1 Å². The van der Waals surface area contributed by atoms with Gasteiger partial charge in [0.25, 0.3) is 11.8 Å². The molecule has 100 valence electrons. The van der Waals surface area contributed by atoms with Crippen LogP contribution in [0.4, 0.5) is 0 Å². The highest BCUT2D eigenvalue weighted by atomic mass is 16.4. The highest BCUT2D eigenvalue weighted by Gasteiger charge is 2.41. The van der Waals surface area contributed by atoms with Crippen molar-refractivity contribution in [2.75, 3.05) is 0 Å². The van der Waals surface area contributed by atoms with Crippen LogP contribution in [-0.2, 0) is 4.79 Å². The minimum absolute atomic E-state index is 0.252. The quantitative estimate of drug-likeness (QED) is 0.735. The van der Waals surface area contributed by atoms with Gasteiger partial charge in [0, 0.05) is 0 Å². The summed E-state index contributed by atoms with van der Waals surface area (Å²) < 4.78 is 0. The average molecular weight is 260 g/mol. The van der Waals surface area contributed by atoms with Gasteiger partial charge in [0.2, 0.25) is 0 Å². The molecule has 0 saturated heterocycles. The second-order valence-corrected chi connectivity index (χ2v) is 5.04. The second-order valence-electron chi connectivity index (χ2n) is 5.04. The number of nitrogens with zero attached hydrogens (tertiary/aromatic N) is 1. The first-order valence-corrected chi connectivity index (χ1v) is 6.04. The summed E-state index contributed by atoms with van der Waals surface area (Å²) in [6.07, 6.45) is 0. The lowest BCUT2D eigenvalue weighted by Crippen LogP contribution is -2.53. The highest BCUT2D eigenvalue weighted by Crippen LogP contribution is 2.27. The van der Waals surface area contributed by atoms with Crippen molar-refractivity contribution in [2.45, 2.75) is 26.8 Å². The lowest BCUT2D eigenvalue weighted by atomic mass is 10.0. The molecule has 0 aromatic heterocycles. The van der Waals surface area contributed by atoms with E-state index in [4.69, 9.17) is 0 Å². The molecule has 0 unspecified atom stereocenters. The number of aliphatic carboxylic acids is 1. The number of benzene rings is 1. The van der Waals surface area contributed by atoms with Crippen molar-refractivity contribution >= 4 is 17.8 Å². The van der Waals surface area contributed by atoms with Crippen molar-refractivity contribution in [3.8, 4) is 0 Å². The van der Waals surface area contributed by atoms with Gasteiger partial charge < -0.3 is 9.90 Å². The standard InChI is InChI=1S/C14H15NO4/c1-7(2)11(14(18)19)15-12(16)9-5-4-8(3)6-10(9)13(15)17/h4-7,11H,1-3H3,(H,18,19)/p-1/t11-/m1/s1. The minimum Gasteiger partial charge on any atom is -0.548 e. The van der Waals surface area contributed by atoms with Gasteiger partial charge in [-0.3, -0.25) is 14.5 Å². The number of rotatable bonds is 3. The Balaban J connectivity index is 2.50. The lowest BCUT2D eigenvalue weighted by molar-refractivity contribution is -0.311. The van der Waals surface area contributed by atoms with E-state index in [-0.39, 0.29) is 11.1 Å². The van der Waals surface area contributed by atoms with Crippen molar-refractivity contribution in [2.24, 2.45) is 5.92 Å². The van der Waals surface area contributed by atoms with E-state index in [9.17, 15) is 19.5 Å². The lowest BCUT2D eigenvalue weighted by Gasteiger charge is -2.30. The number of aryl methyl sites for hydroxylation is 1. The molecule has 0 bridgehead atoms. The van der Waals surface area contributed by atoms with Gasteiger partial charge in [-0.15, -0.1) is 0 Å². The molecule has 0 aliphatic carbocycles. The number of fused-ring (bicyclic) bond motifs is 1. The fourth-order valence-corrected chi connectivity index (χ4v) is 2.30. The van der Waals surface area contributed by atoms with Crippen LogP contribution in [0.5, 0.6) is 0 Å². The Kier molecular flexibility index (Phi) is 3.14. The van der Waals surface area contributed by atoms with Crippen molar-refractivity contribution in [1.82, 2.24) is 4.90 Å². The summed E-state index contributed by atoms with van der Waals surface area (Å²) >= 11 is 0. The van der Waals surface area contributed by atoms with Gasteiger partial charge in [-0.2, -0.15) is 0 Å². The van der Waals surface area contributed by atoms with Crippen LogP contribution in [0.2, 0.25) is 0 Å². The second kappa shape index (κ2) is 4.50. The fourth-order valence-electron chi connectivity index (χ4n) is 2.30. The minimum atomic E-state index is -1.42. The summed E-state index contributed by atoms with van der Waals surface area (Å²) in [5, 5.41) is 11.2. The van der Waals surface area contributed by atoms with Gasteiger partial charge in [0.1, 0.15) is 0 Å². The van der Waals surface area contributed by atoms with Crippen LogP contribution < -0.4 is 5.11 Å². The highest BCUT2D eigenvalue weighted by molar-refractivity contribution is 6.22. The zero-order chi connectivity index (χ0) is 14.3. The van der Waals surface area contributed by atoms with E-state index >= 15 is 0 Å². The van der Waals surface area contributed by atoms with Crippen molar-refractivity contribution in [3.05, 3.63) is 34.9 Å². The molecule has 1 aliphatic heterocycles. The number of carboxylic acid groups (broad SMARTS) is 1. The van der Waals surface area contributed by atoms with Crippen LogP contribution in [0.3, 0.4) is 0 Å². The Morgan fingerprint density at radius 1 is 1.16 bits per heavy atom. The summed E-state index contributed by atoms with van der Waals surface area (Å²) in [6, 6.07) is 3.63. The molecule has 1 aromatic carbocycles. The van der Waals surface area contributed by atoms with Crippen molar-refractivity contribution in [1.29, 1.82) is 0 Å². The predicted octanol–water partition coefficient (Wildman–Crippen LogP) is 0.366. The Hall–Kier alpha value is -2.17. The number of carbonyl (C=O) groups excluding carboxylic acids is 3. The molecule has 0 spiro atoms. The predicted molar refractivity (Wildman–Crippen MR) is 65.3 cm³/mol. The normalized spacial score (nSPS) is 15.9. The molecular weight excluding hydrogens is 246 g/mol. The fraction of sp³-hybridized carbons (Fsp3) is 0.357. The summed E-state index contributed by atoms with van der Waals surface area (Å²) in [5.74, 6) is -2.95. The molecule has 2 rings (SSSR count). The SMILES string of the molecule is Cc1ccc2c(c1)C(=O)N([C@@H](C(=O)[O-])C(C)C)C2=O. The van der Waals surface area contributed by atoms with Crippen LogP contribution in [0.15, 0.2) is 18.2 Å². The molecule has 5 nitrogen and oxygen atoms in total. The summed E-state index contributed by atoms with van der Waals surface area (Å²) in [4.78, 5) is 36.4. The van der Waals surface area contributed by atoms with E-state index < -0.39 is 29.7 Å². The zero-order valence-electron chi connectivity index (χ0n) is 11.0. The Morgan fingerprint density at radius 2 is 1.74 bits per heavy atom. The number of imide groups is 1.